The highest BCUT2D eigenvalue weighted by molar-refractivity contribution is 7.21. The SMILES string of the molecule is COc1ccc(C(=O)NNC(=O)c2sc3ccccc3c2Cl)cc1[N+](=O)[O-]. The summed E-state index contributed by atoms with van der Waals surface area (Å²) in [7, 11) is 1.29. The van der Waals surface area contributed by atoms with Crippen molar-refractivity contribution in [2.75, 3.05) is 7.11 Å². The summed E-state index contributed by atoms with van der Waals surface area (Å²) in [6.45, 7) is 0. The zero-order valence-electron chi connectivity index (χ0n) is 13.8. The zero-order chi connectivity index (χ0) is 19.6. The second kappa shape index (κ2) is 7.60. The van der Waals surface area contributed by atoms with Crippen molar-refractivity contribution in [3.63, 3.8) is 0 Å². The number of nitro groups is 1. The Kier molecular flexibility index (Phi) is 5.24. The van der Waals surface area contributed by atoms with E-state index in [1.807, 2.05) is 12.1 Å². The number of halogens is 1. The summed E-state index contributed by atoms with van der Waals surface area (Å²) in [5.74, 6) is -1.28. The average Bonchev–Trinajstić information content (AvgIpc) is 3.02. The molecule has 138 valence electrons. The molecule has 0 fully saturated rings. The molecule has 2 aromatic carbocycles. The Morgan fingerprint density at radius 1 is 1.15 bits per heavy atom. The summed E-state index contributed by atoms with van der Waals surface area (Å²) < 4.78 is 5.72. The summed E-state index contributed by atoms with van der Waals surface area (Å²) in [6, 6.07) is 11.0. The molecular formula is C17H12ClN3O5S. The summed E-state index contributed by atoms with van der Waals surface area (Å²) in [5.41, 5.74) is 4.11. The predicted molar refractivity (Wildman–Crippen MR) is 101 cm³/mol. The number of carbonyl (C=O) groups is 2. The number of rotatable bonds is 4. The fourth-order valence-corrected chi connectivity index (χ4v) is 3.79. The van der Waals surface area contributed by atoms with Crippen LogP contribution in [0.1, 0.15) is 20.0 Å². The van der Waals surface area contributed by atoms with Crippen molar-refractivity contribution >= 4 is 50.5 Å². The molecule has 1 heterocycles. The standard InChI is InChI=1S/C17H12ClN3O5S/c1-26-12-7-6-9(8-11(12)21(24)25)16(22)19-20-17(23)15-14(18)10-4-2-3-5-13(10)27-15/h2-8H,1H3,(H,19,22)(H,20,23). The minimum atomic E-state index is -0.716. The second-order valence-electron chi connectivity index (χ2n) is 5.29. The van der Waals surface area contributed by atoms with Gasteiger partial charge < -0.3 is 4.74 Å². The van der Waals surface area contributed by atoms with E-state index in [1.165, 1.54) is 30.6 Å². The van der Waals surface area contributed by atoms with Crippen LogP contribution in [0.5, 0.6) is 5.75 Å². The van der Waals surface area contributed by atoms with Gasteiger partial charge >= 0.3 is 5.69 Å². The van der Waals surface area contributed by atoms with Gasteiger partial charge in [-0.2, -0.15) is 0 Å². The van der Waals surface area contributed by atoms with Gasteiger partial charge in [0, 0.05) is 21.7 Å². The van der Waals surface area contributed by atoms with Crippen LogP contribution in [-0.4, -0.2) is 23.8 Å². The highest BCUT2D eigenvalue weighted by Crippen LogP contribution is 2.34. The van der Waals surface area contributed by atoms with Crippen LogP contribution in [0.2, 0.25) is 5.02 Å². The predicted octanol–water partition coefficient (Wildman–Crippen LogP) is 3.55. The number of methoxy groups -OCH3 is 1. The Bertz CT molecular complexity index is 1070. The molecule has 27 heavy (non-hydrogen) atoms. The summed E-state index contributed by atoms with van der Waals surface area (Å²) in [6.07, 6.45) is 0. The minimum Gasteiger partial charge on any atom is -0.490 e. The molecule has 0 saturated heterocycles. The molecule has 8 nitrogen and oxygen atoms in total. The highest BCUT2D eigenvalue weighted by atomic mass is 35.5. The molecular weight excluding hydrogens is 394 g/mol. The maximum Gasteiger partial charge on any atom is 0.311 e. The van der Waals surface area contributed by atoms with Gasteiger partial charge in [0.25, 0.3) is 11.8 Å². The molecule has 2 N–H and O–H groups in total. The smallest absolute Gasteiger partial charge is 0.311 e. The third kappa shape index (κ3) is 3.69. The summed E-state index contributed by atoms with van der Waals surface area (Å²) in [4.78, 5) is 35.1. The molecule has 3 aromatic rings. The Labute approximate surface area is 161 Å². The Balaban J connectivity index is 1.75. The van der Waals surface area contributed by atoms with E-state index in [2.05, 4.69) is 10.9 Å². The van der Waals surface area contributed by atoms with Gasteiger partial charge in [-0.3, -0.25) is 30.6 Å². The second-order valence-corrected chi connectivity index (χ2v) is 6.72. The van der Waals surface area contributed by atoms with E-state index < -0.39 is 16.7 Å². The van der Waals surface area contributed by atoms with Gasteiger partial charge in [0.2, 0.25) is 0 Å². The molecule has 1 aromatic heterocycles. The lowest BCUT2D eigenvalue weighted by molar-refractivity contribution is -0.385. The van der Waals surface area contributed by atoms with Gasteiger partial charge in [-0.05, 0) is 18.2 Å². The van der Waals surface area contributed by atoms with Crippen molar-refractivity contribution in [2.24, 2.45) is 0 Å². The van der Waals surface area contributed by atoms with E-state index in [0.717, 1.165) is 16.2 Å². The molecule has 0 unspecified atom stereocenters. The lowest BCUT2D eigenvalue weighted by atomic mass is 10.2. The number of carbonyl (C=O) groups excluding carboxylic acids is 2. The van der Waals surface area contributed by atoms with E-state index in [4.69, 9.17) is 16.3 Å². The first-order chi connectivity index (χ1) is 12.9. The summed E-state index contributed by atoms with van der Waals surface area (Å²) in [5, 5.41) is 12.1. The lowest BCUT2D eigenvalue weighted by Crippen LogP contribution is -2.41. The molecule has 0 spiro atoms. The third-order valence-electron chi connectivity index (χ3n) is 3.67. The van der Waals surface area contributed by atoms with Gasteiger partial charge in [-0.25, -0.2) is 0 Å². The van der Waals surface area contributed by atoms with Crippen molar-refractivity contribution < 1.29 is 19.2 Å². The number of hydrazine groups is 1. The first-order valence-electron chi connectivity index (χ1n) is 7.52. The van der Waals surface area contributed by atoms with Crippen molar-refractivity contribution in [1.29, 1.82) is 0 Å². The van der Waals surface area contributed by atoms with Gasteiger partial charge in [0.15, 0.2) is 5.75 Å². The van der Waals surface area contributed by atoms with Crippen LogP contribution < -0.4 is 15.6 Å². The monoisotopic (exact) mass is 405 g/mol. The summed E-state index contributed by atoms with van der Waals surface area (Å²) >= 11 is 7.41. The van der Waals surface area contributed by atoms with Crippen molar-refractivity contribution in [3.8, 4) is 5.75 Å². The van der Waals surface area contributed by atoms with Crippen molar-refractivity contribution in [1.82, 2.24) is 10.9 Å². The normalized spacial score (nSPS) is 10.4. The quantitative estimate of drug-likeness (QED) is 0.509. The number of nitro benzene ring substituents is 1. The molecule has 10 heteroatoms. The van der Waals surface area contributed by atoms with Crippen LogP contribution in [0.4, 0.5) is 5.69 Å². The number of fused-ring (bicyclic) bond motifs is 1. The molecule has 0 aliphatic carbocycles. The number of amides is 2. The number of benzene rings is 2. The molecule has 0 atom stereocenters. The first kappa shape index (κ1) is 18.6. The molecule has 0 radical (unpaired) electrons. The van der Waals surface area contributed by atoms with E-state index in [9.17, 15) is 19.7 Å². The zero-order valence-corrected chi connectivity index (χ0v) is 15.4. The van der Waals surface area contributed by atoms with Crippen LogP contribution in [0, 0.1) is 10.1 Å². The number of hydrogen-bond donors (Lipinski definition) is 2. The Hall–Kier alpha value is -3.17. The number of nitrogens with one attached hydrogen (secondary N) is 2. The largest absolute Gasteiger partial charge is 0.490 e. The van der Waals surface area contributed by atoms with E-state index in [1.54, 1.807) is 12.1 Å². The maximum atomic E-state index is 12.3. The van der Waals surface area contributed by atoms with Crippen LogP contribution >= 0.6 is 22.9 Å². The third-order valence-corrected chi connectivity index (χ3v) is 5.34. The fourth-order valence-electron chi connectivity index (χ4n) is 2.38. The lowest BCUT2D eigenvalue weighted by Gasteiger charge is -2.08. The molecule has 0 bridgehead atoms. The average molecular weight is 406 g/mol. The fraction of sp³-hybridized carbons (Fsp3) is 0.0588. The van der Waals surface area contributed by atoms with Gasteiger partial charge in [-0.1, -0.05) is 29.8 Å². The number of nitrogens with zero attached hydrogens (tertiary/aromatic N) is 1. The Morgan fingerprint density at radius 3 is 2.52 bits per heavy atom. The maximum absolute atomic E-state index is 12.3. The van der Waals surface area contributed by atoms with E-state index in [-0.39, 0.29) is 21.9 Å². The molecule has 0 saturated carbocycles. The first-order valence-corrected chi connectivity index (χ1v) is 8.72. The number of ether oxygens (including phenoxy) is 1. The highest BCUT2D eigenvalue weighted by Gasteiger charge is 2.20. The molecule has 0 aliphatic heterocycles. The number of thiophene rings is 1. The van der Waals surface area contributed by atoms with Crippen LogP contribution in [0.3, 0.4) is 0 Å². The van der Waals surface area contributed by atoms with E-state index in [0.29, 0.717) is 5.02 Å². The van der Waals surface area contributed by atoms with Gasteiger partial charge in [-0.15, -0.1) is 11.3 Å². The minimum absolute atomic E-state index is 0.00904. The van der Waals surface area contributed by atoms with E-state index >= 15 is 0 Å². The molecule has 2 amide bonds. The van der Waals surface area contributed by atoms with Crippen LogP contribution in [-0.2, 0) is 0 Å². The Morgan fingerprint density at radius 2 is 1.85 bits per heavy atom. The van der Waals surface area contributed by atoms with Crippen LogP contribution in [0.15, 0.2) is 42.5 Å². The van der Waals surface area contributed by atoms with Crippen molar-refractivity contribution in [2.45, 2.75) is 0 Å². The van der Waals surface area contributed by atoms with Gasteiger partial charge in [0.05, 0.1) is 17.1 Å². The number of hydrogen-bond acceptors (Lipinski definition) is 6. The molecule has 3 rings (SSSR count). The van der Waals surface area contributed by atoms with Crippen molar-refractivity contribution in [3.05, 3.63) is 68.0 Å². The van der Waals surface area contributed by atoms with Gasteiger partial charge in [0.1, 0.15) is 4.88 Å². The topological polar surface area (TPSA) is 111 Å². The molecule has 0 aliphatic rings. The van der Waals surface area contributed by atoms with Crippen LogP contribution in [0.25, 0.3) is 10.1 Å².